The SMILES string of the molecule is COCC(C)NC(=O)C1CCN(Cc2nc(-c3ccccc3C)no2)CC1. The first-order chi connectivity index (χ1) is 13.1. The van der Waals surface area contributed by atoms with Crippen LogP contribution in [0.5, 0.6) is 0 Å². The van der Waals surface area contributed by atoms with Crippen molar-refractivity contribution in [3.63, 3.8) is 0 Å². The number of nitrogens with zero attached hydrogens (tertiary/aromatic N) is 3. The summed E-state index contributed by atoms with van der Waals surface area (Å²) in [5.41, 5.74) is 2.12. The molecule has 1 amide bonds. The van der Waals surface area contributed by atoms with Gasteiger partial charge in [-0.25, -0.2) is 0 Å². The molecule has 2 aromatic rings. The minimum atomic E-state index is 0.0405. The molecule has 0 spiro atoms. The molecule has 1 unspecified atom stereocenters. The van der Waals surface area contributed by atoms with Gasteiger partial charge >= 0.3 is 0 Å². The first-order valence-electron chi connectivity index (χ1n) is 9.47. The standard InChI is InChI=1S/C20H28N4O3/c1-14-6-4-5-7-17(14)19-22-18(27-23-19)12-24-10-8-16(9-11-24)20(25)21-15(2)13-26-3/h4-7,15-16H,8-13H2,1-3H3,(H,21,25). The molecule has 7 nitrogen and oxygen atoms in total. The van der Waals surface area contributed by atoms with Crippen LogP contribution in [0.25, 0.3) is 11.4 Å². The van der Waals surface area contributed by atoms with Gasteiger partial charge in [0.15, 0.2) is 0 Å². The van der Waals surface area contributed by atoms with Crippen molar-refractivity contribution in [1.82, 2.24) is 20.4 Å². The molecular weight excluding hydrogens is 344 g/mol. The van der Waals surface area contributed by atoms with Crippen molar-refractivity contribution in [3.05, 3.63) is 35.7 Å². The van der Waals surface area contributed by atoms with Crippen molar-refractivity contribution in [2.45, 2.75) is 39.3 Å². The summed E-state index contributed by atoms with van der Waals surface area (Å²) in [4.78, 5) is 19.1. The van der Waals surface area contributed by atoms with Gasteiger partial charge in [0.05, 0.1) is 13.2 Å². The van der Waals surface area contributed by atoms with Crippen LogP contribution in [0.1, 0.15) is 31.2 Å². The summed E-state index contributed by atoms with van der Waals surface area (Å²) in [7, 11) is 1.64. The molecule has 0 saturated carbocycles. The normalized spacial score (nSPS) is 17.0. The molecule has 0 aliphatic carbocycles. The summed E-state index contributed by atoms with van der Waals surface area (Å²) in [6.45, 7) is 6.84. The Kier molecular flexibility index (Phi) is 6.58. The number of benzene rings is 1. The highest BCUT2D eigenvalue weighted by molar-refractivity contribution is 5.79. The van der Waals surface area contributed by atoms with Crippen molar-refractivity contribution in [1.29, 1.82) is 0 Å². The molecule has 146 valence electrons. The van der Waals surface area contributed by atoms with Crippen LogP contribution in [0, 0.1) is 12.8 Å². The molecule has 2 heterocycles. The summed E-state index contributed by atoms with van der Waals surface area (Å²) in [5.74, 6) is 1.43. The molecule has 1 aromatic carbocycles. The maximum absolute atomic E-state index is 12.3. The number of methoxy groups -OCH3 is 1. The number of likely N-dealkylation sites (tertiary alicyclic amines) is 1. The molecule has 1 aliphatic heterocycles. The number of ether oxygens (including phenoxy) is 1. The van der Waals surface area contributed by atoms with Crippen LogP contribution in [-0.2, 0) is 16.1 Å². The van der Waals surface area contributed by atoms with Crippen molar-refractivity contribution < 1.29 is 14.1 Å². The van der Waals surface area contributed by atoms with E-state index in [0.29, 0.717) is 24.9 Å². The van der Waals surface area contributed by atoms with Crippen molar-refractivity contribution in [3.8, 4) is 11.4 Å². The topological polar surface area (TPSA) is 80.5 Å². The van der Waals surface area contributed by atoms with Gasteiger partial charge in [0, 0.05) is 24.6 Å². The minimum Gasteiger partial charge on any atom is -0.383 e. The second-order valence-electron chi connectivity index (χ2n) is 7.24. The maximum atomic E-state index is 12.3. The van der Waals surface area contributed by atoms with Gasteiger partial charge in [0.25, 0.3) is 0 Å². The molecular formula is C20H28N4O3. The fraction of sp³-hybridized carbons (Fsp3) is 0.550. The smallest absolute Gasteiger partial charge is 0.241 e. The number of hydrogen-bond acceptors (Lipinski definition) is 6. The second kappa shape index (κ2) is 9.10. The number of carbonyl (C=O) groups is 1. The highest BCUT2D eigenvalue weighted by Gasteiger charge is 2.26. The summed E-state index contributed by atoms with van der Waals surface area (Å²) >= 11 is 0. The number of aryl methyl sites for hydroxylation is 1. The largest absolute Gasteiger partial charge is 0.383 e. The summed E-state index contributed by atoms with van der Waals surface area (Å²) in [6.07, 6.45) is 1.68. The highest BCUT2D eigenvalue weighted by atomic mass is 16.5. The molecule has 0 radical (unpaired) electrons. The highest BCUT2D eigenvalue weighted by Crippen LogP contribution is 2.22. The van der Waals surface area contributed by atoms with Gasteiger partial charge < -0.3 is 14.6 Å². The molecule has 1 fully saturated rings. The van der Waals surface area contributed by atoms with E-state index in [2.05, 4.69) is 20.4 Å². The van der Waals surface area contributed by atoms with Crippen molar-refractivity contribution >= 4 is 5.91 Å². The van der Waals surface area contributed by atoms with Crippen LogP contribution in [0.2, 0.25) is 0 Å². The average Bonchev–Trinajstić information content (AvgIpc) is 3.11. The number of piperidine rings is 1. The van der Waals surface area contributed by atoms with Crippen LogP contribution in [0.15, 0.2) is 28.8 Å². The van der Waals surface area contributed by atoms with E-state index in [0.717, 1.165) is 37.1 Å². The quantitative estimate of drug-likeness (QED) is 0.804. The molecule has 1 aliphatic rings. The molecule has 3 rings (SSSR count). The zero-order chi connectivity index (χ0) is 19.2. The Labute approximate surface area is 160 Å². The van der Waals surface area contributed by atoms with Gasteiger partial charge in [-0.1, -0.05) is 29.4 Å². The van der Waals surface area contributed by atoms with Gasteiger partial charge in [-0.3, -0.25) is 9.69 Å². The Morgan fingerprint density at radius 2 is 2.11 bits per heavy atom. The molecule has 1 atom stereocenters. The van der Waals surface area contributed by atoms with Gasteiger partial charge in [0.2, 0.25) is 17.6 Å². The monoisotopic (exact) mass is 372 g/mol. The predicted octanol–water partition coefficient (Wildman–Crippen LogP) is 2.41. The molecule has 1 N–H and O–H groups in total. The number of nitrogens with one attached hydrogen (secondary N) is 1. The third-order valence-corrected chi connectivity index (χ3v) is 4.98. The summed E-state index contributed by atoms with van der Waals surface area (Å²) in [6, 6.07) is 8.05. The number of rotatable bonds is 7. The third kappa shape index (κ3) is 5.14. The lowest BCUT2D eigenvalue weighted by atomic mass is 9.95. The van der Waals surface area contributed by atoms with E-state index < -0.39 is 0 Å². The van der Waals surface area contributed by atoms with Gasteiger partial charge in [-0.2, -0.15) is 4.98 Å². The number of amides is 1. The first-order valence-corrected chi connectivity index (χ1v) is 9.47. The van der Waals surface area contributed by atoms with E-state index in [-0.39, 0.29) is 17.9 Å². The molecule has 1 aromatic heterocycles. The van der Waals surface area contributed by atoms with Crippen LogP contribution in [-0.4, -0.2) is 53.8 Å². The Morgan fingerprint density at radius 3 is 2.81 bits per heavy atom. The fourth-order valence-corrected chi connectivity index (χ4v) is 3.45. The minimum absolute atomic E-state index is 0.0405. The maximum Gasteiger partial charge on any atom is 0.241 e. The molecule has 27 heavy (non-hydrogen) atoms. The van der Waals surface area contributed by atoms with Crippen LogP contribution in [0.4, 0.5) is 0 Å². The summed E-state index contributed by atoms with van der Waals surface area (Å²) in [5, 5.41) is 7.14. The van der Waals surface area contributed by atoms with Crippen molar-refractivity contribution in [2.24, 2.45) is 5.92 Å². The van der Waals surface area contributed by atoms with E-state index >= 15 is 0 Å². The molecule has 1 saturated heterocycles. The summed E-state index contributed by atoms with van der Waals surface area (Å²) < 4.78 is 10.5. The number of carbonyl (C=O) groups excluding carboxylic acids is 1. The van der Waals surface area contributed by atoms with E-state index in [1.54, 1.807) is 7.11 Å². The van der Waals surface area contributed by atoms with Gasteiger partial charge in [-0.15, -0.1) is 0 Å². The van der Waals surface area contributed by atoms with Crippen molar-refractivity contribution in [2.75, 3.05) is 26.8 Å². The van der Waals surface area contributed by atoms with Gasteiger partial charge in [-0.05, 0) is 45.3 Å². The average molecular weight is 372 g/mol. The van der Waals surface area contributed by atoms with Crippen LogP contribution in [0.3, 0.4) is 0 Å². The van der Waals surface area contributed by atoms with E-state index in [1.165, 1.54) is 0 Å². The van der Waals surface area contributed by atoms with E-state index in [4.69, 9.17) is 9.26 Å². The van der Waals surface area contributed by atoms with Gasteiger partial charge in [0.1, 0.15) is 0 Å². The van der Waals surface area contributed by atoms with E-state index in [9.17, 15) is 4.79 Å². The number of hydrogen-bond donors (Lipinski definition) is 1. The third-order valence-electron chi connectivity index (χ3n) is 4.98. The fourth-order valence-electron chi connectivity index (χ4n) is 3.45. The molecule has 0 bridgehead atoms. The second-order valence-corrected chi connectivity index (χ2v) is 7.24. The zero-order valence-electron chi connectivity index (χ0n) is 16.3. The lowest BCUT2D eigenvalue weighted by Crippen LogP contribution is -2.44. The lowest BCUT2D eigenvalue weighted by Gasteiger charge is -2.30. The Balaban J connectivity index is 1.50. The van der Waals surface area contributed by atoms with Crippen LogP contribution >= 0.6 is 0 Å². The Bertz CT molecular complexity index is 753. The number of aromatic nitrogens is 2. The van der Waals surface area contributed by atoms with Crippen LogP contribution < -0.4 is 5.32 Å². The lowest BCUT2D eigenvalue weighted by molar-refractivity contribution is -0.127. The Morgan fingerprint density at radius 1 is 1.37 bits per heavy atom. The first kappa shape index (κ1) is 19.5. The molecule has 7 heteroatoms. The van der Waals surface area contributed by atoms with E-state index in [1.807, 2.05) is 38.1 Å². The Hall–Kier alpha value is -2.25. The predicted molar refractivity (Wildman–Crippen MR) is 102 cm³/mol. The zero-order valence-corrected chi connectivity index (χ0v) is 16.3.